The zero-order valence-corrected chi connectivity index (χ0v) is 9.56. The van der Waals surface area contributed by atoms with Gasteiger partial charge in [0.25, 0.3) is 0 Å². The Morgan fingerprint density at radius 3 is 2.69 bits per heavy atom. The summed E-state index contributed by atoms with van der Waals surface area (Å²) >= 11 is 0. The molecule has 0 amide bonds. The number of rotatable bonds is 5. The number of ether oxygens (including phenoxy) is 1. The minimum absolute atomic E-state index is 0.0423. The molecule has 0 bridgehead atoms. The quantitative estimate of drug-likeness (QED) is 0.792. The summed E-state index contributed by atoms with van der Waals surface area (Å²) < 4.78 is 5.45. The lowest BCUT2D eigenvalue weighted by Crippen LogP contribution is -2.50. The van der Waals surface area contributed by atoms with Gasteiger partial charge in [-0.3, -0.25) is 4.79 Å². The fourth-order valence-electron chi connectivity index (χ4n) is 1.23. The molecule has 1 atom stereocenters. The summed E-state index contributed by atoms with van der Waals surface area (Å²) in [7, 11) is 0. The second-order valence-electron chi connectivity index (χ2n) is 3.97. The van der Waals surface area contributed by atoms with Crippen LogP contribution < -0.4 is 10.5 Å². The van der Waals surface area contributed by atoms with E-state index in [1.165, 1.54) is 6.92 Å². The topological polar surface area (TPSA) is 72.5 Å². The highest BCUT2D eigenvalue weighted by molar-refractivity contribution is 5.78. The molecule has 0 aromatic heterocycles. The molecule has 4 nitrogen and oxygen atoms in total. The number of aliphatic carboxylic acids is 1. The van der Waals surface area contributed by atoms with Gasteiger partial charge in [0.1, 0.15) is 17.9 Å². The van der Waals surface area contributed by atoms with Crippen LogP contribution in [0.4, 0.5) is 0 Å². The van der Waals surface area contributed by atoms with E-state index in [1.807, 2.05) is 31.2 Å². The van der Waals surface area contributed by atoms with E-state index < -0.39 is 11.5 Å². The molecule has 4 heteroatoms. The second-order valence-corrected chi connectivity index (χ2v) is 3.97. The highest BCUT2D eigenvalue weighted by atomic mass is 16.5. The fourth-order valence-corrected chi connectivity index (χ4v) is 1.23. The molecule has 0 aliphatic carbocycles. The second kappa shape index (κ2) is 4.99. The highest BCUT2D eigenvalue weighted by Gasteiger charge is 2.29. The van der Waals surface area contributed by atoms with Crippen molar-refractivity contribution in [3.8, 4) is 5.75 Å². The van der Waals surface area contributed by atoms with Crippen LogP contribution in [0.2, 0.25) is 0 Å². The van der Waals surface area contributed by atoms with Crippen molar-refractivity contribution < 1.29 is 14.6 Å². The van der Waals surface area contributed by atoms with Gasteiger partial charge in [0.2, 0.25) is 0 Å². The largest absolute Gasteiger partial charge is 0.491 e. The van der Waals surface area contributed by atoms with E-state index >= 15 is 0 Å². The Hall–Kier alpha value is -1.55. The molecule has 1 unspecified atom stereocenters. The van der Waals surface area contributed by atoms with Gasteiger partial charge in [-0.25, -0.2) is 0 Å². The van der Waals surface area contributed by atoms with E-state index in [9.17, 15) is 4.79 Å². The number of carboxylic acid groups (broad SMARTS) is 1. The standard InChI is InChI=1S/C12H17NO3/c1-3-9-6-4-5-7-10(9)16-8-12(2,13)11(14)15/h4-7H,3,8,13H2,1-2H3,(H,14,15). The lowest BCUT2D eigenvalue weighted by atomic mass is 10.1. The van der Waals surface area contributed by atoms with E-state index in [1.54, 1.807) is 0 Å². The van der Waals surface area contributed by atoms with E-state index in [-0.39, 0.29) is 6.61 Å². The summed E-state index contributed by atoms with van der Waals surface area (Å²) in [6.45, 7) is 3.41. The molecule has 0 saturated heterocycles. The minimum atomic E-state index is -1.36. The number of carboxylic acids is 1. The first kappa shape index (κ1) is 12.5. The molecular weight excluding hydrogens is 206 g/mol. The van der Waals surface area contributed by atoms with Crippen LogP contribution in [0.3, 0.4) is 0 Å². The van der Waals surface area contributed by atoms with Gasteiger partial charge < -0.3 is 15.6 Å². The van der Waals surface area contributed by atoms with E-state index in [0.29, 0.717) is 5.75 Å². The predicted octanol–water partition coefficient (Wildman–Crippen LogP) is 1.43. The number of para-hydroxylation sites is 1. The van der Waals surface area contributed by atoms with Gasteiger partial charge in [0.05, 0.1) is 0 Å². The van der Waals surface area contributed by atoms with Gasteiger partial charge >= 0.3 is 5.97 Å². The van der Waals surface area contributed by atoms with E-state index in [2.05, 4.69) is 0 Å². The maximum absolute atomic E-state index is 10.8. The third-order valence-electron chi connectivity index (χ3n) is 2.37. The number of hydrogen-bond acceptors (Lipinski definition) is 3. The predicted molar refractivity (Wildman–Crippen MR) is 61.5 cm³/mol. The first-order valence-electron chi connectivity index (χ1n) is 5.20. The molecule has 3 N–H and O–H groups in total. The average Bonchev–Trinajstić information content (AvgIpc) is 2.26. The van der Waals surface area contributed by atoms with Gasteiger partial charge in [0, 0.05) is 0 Å². The Morgan fingerprint density at radius 1 is 1.50 bits per heavy atom. The third kappa shape index (κ3) is 2.97. The molecule has 1 aromatic rings. The molecule has 0 fully saturated rings. The summed E-state index contributed by atoms with van der Waals surface area (Å²) in [6, 6.07) is 7.54. The number of nitrogens with two attached hydrogens (primary N) is 1. The molecule has 0 aliphatic rings. The molecule has 0 spiro atoms. The third-order valence-corrected chi connectivity index (χ3v) is 2.37. The van der Waals surface area contributed by atoms with Gasteiger partial charge in [-0.15, -0.1) is 0 Å². The zero-order valence-electron chi connectivity index (χ0n) is 9.56. The molecule has 0 heterocycles. The summed E-state index contributed by atoms with van der Waals surface area (Å²) in [6.07, 6.45) is 0.838. The van der Waals surface area contributed by atoms with Crippen molar-refractivity contribution in [3.05, 3.63) is 29.8 Å². The lowest BCUT2D eigenvalue weighted by Gasteiger charge is -2.20. The molecule has 1 aromatic carbocycles. The van der Waals surface area contributed by atoms with E-state index in [4.69, 9.17) is 15.6 Å². The fraction of sp³-hybridized carbons (Fsp3) is 0.417. The van der Waals surface area contributed by atoms with Crippen LogP contribution >= 0.6 is 0 Å². The number of benzene rings is 1. The van der Waals surface area contributed by atoms with Crippen LogP contribution in [-0.4, -0.2) is 23.2 Å². The van der Waals surface area contributed by atoms with Crippen LogP contribution in [0.5, 0.6) is 5.75 Å². The van der Waals surface area contributed by atoms with Gasteiger partial charge in [0.15, 0.2) is 0 Å². The Bertz CT molecular complexity index is 374. The van der Waals surface area contributed by atoms with Crippen molar-refractivity contribution in [1.82, 2.24) is 0 Å². The van der Waals surface area contributed by atoms with Crippen molar-refractivity contribution >= 4 is 5.97 Å². The Morgan fingerprint density at radius 2 is 2.12 bits per heavy atom. The molecule has 88 valence electrons. The first-order chi connectivity index (χ1) is 7.47. The maximum Gasteiger partial charge on any atom is 0.326 e. The molecule has 0 saturated carbocycles. The molecule has 0 aliphatic heterocycles. The summed E-state index contributed by atoms with van der Waals surface area (Å²) in [5, 5.41) is 8.84. The molecule has 0 radical (unpaired) electrons. The molecule has 16 heavy (non-hydrogen) atoms. The first-order valence-corrected chi connectivity index (χ1v) is 5.20. The smallest absolute Gasteiger partial charge is 0.326 e. The zero-order chi connectivity index (χ0) is 12.2. The monoisotopic (exact) mass is 223 g/mol. The number of carbonyl (C=O) groups is 1. The maximum atomic E-state index is 10.8. The SMILES string of the molecule is CCc1ccccc1OCC(C)(N)C(=O)O. The van der Waals surface area contributed by atoms with Crippen molar-refractivity contribution in [2.75, 3.05) is 6.61 Å². The van der Waals surface area contributed by atoms with Crippen LogP contribution in [-0.2, 0) is 11.2 Å². The number of hydrogen-bond donors (Lipinski definition) is 2. The summed E-state index contributed by atoms with van der Waals surface area (Å²) in [5.74, 6) is -0.371. The van der Waals surface area contributed by atoms with Gasteiger partial charge in [-0.05, 0) is 25.0 Å². The van der Waals surface area contributed by atoms with Crippen LogP contribution in [0.1, 0.15) is 19.4 Å². The Labute approximate surface area is 95.0 Å². The average molecular weight is 223 g/mol. The van der Waals surface area contributed by atoms with Crippen LogP contribution in [0.15, 0.2) is 24.3 Å². The minimum Gasteiger partial charge on any atom is -0.491 e. The normalized spacial score (nSPS) is 14.2. The van der Waals surface area contributed by atoms with Crippen molar-refractivity contribution in [2.24, 2.45) is 5.73 Å². The van der Waals surface area contributed by atoms with E-state index in [0.717, 1.165) is 12.0 Å². The van der Waals surface area contributed by atoms with Crippen molar-refractivity contribution in [2.45, 2.75) is 25.8 Å². The molecule has 1 rings (SSSR count). The summed E-state index contributed by atoms with van der Waals surface area (Å²) in [4.78, 5) is 10.8. The lowest BCUT2D eigenvalue weighted by molar-refractivity contribution is -0.143. The van der Waals surface area contributed by atoms with Crippen molar-refractivity contribution in [3.63, 3.8) is 0 Å². The molecular formula is C12H17NO3. The van der Waals surface area contributed by atoms with Gasteiger partial charge in [-0.1, -0.05) is 25.1 Å². The number of aryl methyl sites for hydroxylation is 1. The van der Waals surface area contributed by atoms with Crippen molar-refractivity contribution in [1.29, 1.82) is 0 Å². The highest BCUT2D eigenvalue weighted by Crippen LogP contribution is 2.19. The Balaban J connectivity index is 2.71. The Kier molecular flexibility index (Phi) is 3.90. The van der Waals surface area contributed by atoms with Crippen LogP contribution in [0.25, 0.3) is 0 Å². The van der Waals surface area contributed by atoms with Crippen LogP contribution in [0, 0.1) is 0 Å². The van der Waals surface area contributed by atoms with Gasteiger partial charge in [-0.2, -0.15) is 0 Å². The summed E-state index contributed by atoms with van der Waals surface area (Å²) in [5.41, 5.74) is 5.26.